The highest BCUT2D eigenvalue weighted by molar-refractivity contribution is 6.33. The van der Waals surface area contributed by atoms with Crippen molar-refractivity contribution in [1.82, 2.24) is 19.9 Å². The monoisotopic (exact) mass is 307 g/mol. The van der Waals surface area contributed by atoms with Gasteiger partial charge in [-0.25, -0.2) is 9.97 Å². The minimum atomic E-state index is -0.278. The van der Waals surface area contributed by atoms with E-state index in [0.717, 1.165) is 13.0 Å². The lowest BCUT2D eigenvalue weighted by atomic mass is 10.3. The van der Waals surface area contributed by atoms with E-state index in [1.54, 1.807) is 24.7 Å². The van der Waals surface area contributed by atoms with Crippen molar-refractivity contribution in [2.45, 2.75) is 19.9 Å². The van der Waals surface area contributed by atoms with E-state index in [9.17, 15) is 4.79 Å². The molecule has 0 aliphatic rings. The summed E-state index contributed by atoms with van der Waals surface area (Å²) in [6.07, 6.45) is 6.22. The minimum absolute atomic E-state index is 0.239. The van der Waals surface area contributed by atoms with Crippen LogP contribution in [0.15, 0.2) is 30.9 Å². The Bertz CT molecular complexity index is 585. The Morgan fingerprint density at radius 3 is 2.95 bits per heavy atom. The van der Waals surface area contributed by atoms with Gasteiger partial charge in [-0.15, -0.1) is 0 Å². The molecule has 0 atom stereocenters. The third kappa shape index (κ3) is 4.46. The molecule has 0 saturated heterocycles. The van der Waals surface area contributed by atoms with Crippen LogP contribution in [0.25, 0.3) is 0 Å². The first kappa shape index (κ1) is 15.3. The molecule has 0 aliphatic heterocycles. The van der Waals surface area contributed by atoms with Crippen LogP contribution in [0.5, 0.6) is 0 Å². The fraction of sp³-hybridized carbons (Fsp3) is 0.357. The number of aromatic nitrogens is 3. The number of anilines is 1. The maximum Gasteiger partial charge on any atom is 0.271 e. The van der Waals surface area contributed by atoms with Gasteiger partial charge in [0.15, 0.2) is 0 Å². The van der Waals surface area contributed by atoms with E-state index in [1.807, 2.05) is 10.8 Å². The molecule has 0 aliphatic carbocycles. The van der Waals surface area contributed by atoms with E-state index >= 15 is 0 Å². The summed E-state index contributed by atoms with van der Waals surface area (Å²) in [5.41, 5.74) is 0.239. The van der Waals surface area contributed by atoms with Crippen molar-refractivity contribution in [2.75, 3.05) is 18.4 Å². The highest BCUT2D eigenvalue weighted by atomic mass is 35.5. The maximum absolute atomic E-state index is 12.1. The number of nitrogens with one attached hydrogen (secondary N) is 2. The average Bonchev–Trinajstić information content (AvgIpc) is 2.99. The summed E-state index contributed by atoms with van der Waals surface area (Å²) in [5, 5.41) is 6.28. The van der Waals surface area contributed by atoms with Crippen LogP contribution in [0.4, 0.5) is 5.82 Å². The number of carbonyl (C=O) groups excluding carboxylic acids is 1. The Morgan fingerprint density at radius 1 is 1.38 bits per heavy atom. The maximum atomic E-state index is 12.1. The smallest absolute Gasteiger partial charge is 0.271 e. The van der Waals surface area contributed by atoms with E-state index in [2.05, 4.69) is 27.5 Å². The summed E-state index contributed by atoms with van der Waals surface area (Å²) in [5.74, 6) is 0.376. The molecule has 2 aromatic rings. The second kappa shape index (κ2) is 7.64. The topological polar surface area (TPSA) is 71.8 Å². The molecule has 1 amide bonds. The molecule has 0 aromatic carbocycles. The standard InChI is InChI=1S/C14H18ClN5O/c1-2-5-17-12-4-3-11(15)13(19-12)14(21)18-7-9-20-8-6-16-10-20/h3-4,6,8,10H,2,5,7,9H2,1H3,(H,17,19)(H,18,21). The summed E-state index contributed by atoms with van der Waals surface area (Å²) in [6.45, 7) is 4.00. The number of hydrogen-bond donors (Lipinski definition) is 2. The van der Waals surface area contributed by atoms with E-state index in [-0.39, 0.29) is 11.6 Å². The Labute approximate surface area is 128 Å². The van der Waals surface area contributed by atoms with Crippen LogP contribution in [0, 0.1) is 0 Å². The number of hydrogen-bond acceptors (Lipinski definition) is 4. The largest absolute Gasteiger partial charge is 0.370 e. The Morgan fingerprint density at radius 2 is 2.24 bits per heavy atom. The molecule has 2 heterocycles. The highest BCUT2D eigenvalue weighted by Crippen LogP contribution is 2.16. The summed E-state index contributed by atoms with van der Waals surface area (Å²) < 4.78 is 1.88. The van der Waals surface area contributed by atoms with Crippen LogP contribution < -0.4 is 10.6 Å². The molecular weight excluding hydrogens is 290 g/mol. The summed E-state index contributed by atoms with van der Waals surface area (Å²) in [7, 11) is 0. The molecule has 7 heteroatoms. The van der Waals surface area contributed by atoms with Gasteiger partial charge in [-0.2, -0.15) is 0 Å². The molecule has 2 rings (SSSR count). The zero-order valence-electron chi connectivity index (χ0n) is 11.8. The lowest BCUT2D eigenvalue weighted by Gasteiger charge is -2.09. The SMILES string of the molecule is CCCNc1ccc(Cl)c(C(=O)NCCn2ccnc2)n1. The van der Waals surface area contributed by atoms with E-state index in [1.165, 1.54) is 0 Å². The number of pyridine rings is 1. The molecule has 0 fully saturated rings. The molecular formula is C14H18ClN5O. The number of carbonyl (C=O) groups is 1. The fourth-order valence-electron chi connectivity index (χ4n) is 1.75. The normalized spacial score (nSPS) is 10.4. The Hall–Kier alpha value is -2.08. The first-order valence-corrected chi connectivity index (χ1v) is 7.23. The van der Waals surface area contributed by atoms with E-state index in [0.29, 0.717) is 23.9 Å². The molecule has 2 N–H and O–H groups in total. The van der Waals surface area contributed by atoms with Gasteiger partial charge in [-0.05, 0) is 18.6 Å². The van der Waals surface area contributed by atoms with Gasteiger partial charge in [-0.3, -0.25) is 4.79 Å². The van der Waals surface area contributed by atoms with Crippen LogP contribution >= 0.6 is 11.6 Å². The van der Waals surface area contributed by atoms with Crippen molar-refractivity contribution in [1.29, 1.82) is 0 Å². The third-order valence-electron chi connectivity index (χ3n) is 2.83. The van der Waals surface area contributed by atoms with Gasteiger partial charge >= 0.3 is 0 Å². The number of imidazole rings is 1. The molecule has 0 saturated carbocycles. The first-order valence-electron chi connectivity index (χ1n) is 6.85. The van der Waals surface area contributed by atoms with Gasteiger partial charge in [-0.1, -0.05) is 18.5 Å². The van der Waals surface area contributed by atoms with Gasteiger partial charge in [0.25, 0.3) is 5.91 Å². The van der Waals surface area contributed by atoms with Gasteiger partial charge < -0.3 is 15.2 Å². The Kier molecular flexibility index (Phi) is 5.57. The first-order chi connectivity index (χ1) is 10.2. The van der Waals surface area contributed by atoms with Crippen molar-refractivity contribution < 1.29 is 4.79 Å². The van der Waals surface area contributed by atoms with Crippen molar-refractivity contribution in [3.63, 3.8) is 0 Å². The van der Waals surface area contributed by atoms with E-state index in [4.69, 9.17) is 11.6 Å². The molecule has 112 valence electrons. The van der Waals surface area contributed by atoms with Crippen LogP contribution in [0.2, 0.25) is 5.02 Å². The second-order valence-electron chi connectivity index (χ2n) is 4.51. The zero-order valence-corrected chi connectivity index (χ0v) is 12.6. The van der Waals surface area contributed by atoms with Gasteiger partial charge in [0.05, 0.1) is 11.3 Å². The lowest BCUT2D eigenvalue weighted by molar-refractivity contribution is 0.0947. The zero-order chi connectivity index (χ0) is 15.1. The molecule has 0 unspecified atom stereocenters. The predicted octanol–water partition coefficient (Wildman–Crippen LogP) is 2.18. The molecule has 21 heavy (non-hydrogen) atoms. The second-order valence-corrected chi connectivity index (χ2v) is 4.92. The van der Waals surface area contributed by atoms with Crippen LogP contribution in [0.1, 0.15) is 23.8 Å². The molecule has 2 aromatic heterocycles. The van der Waals surface area contributed by atoms with Gasteiger partial charge in [0.1, 0.15) is 11.5 Å². The molecule has 6 nitrogen and oxygen atoms in total. The summed E-state index contributed by atoms with van der Waals surface area (Å²) in [4.78, 5) is 20.3. The molecule has 0 spiro atoms. The summed E-state index contributed by atoms with van der Waals surface area (Å²) >= 11 is 6.04. The summed E-state index contributed by atoms with van der Waals surface area (Å²) in [6, 6.07) is 3.44. The van der Waals surface area contributed by atoms with Crippen molar-refractivity contribution in [3.05, 3.63) is 41.6 Å². The van der Waals surface area contributed by atoms with Gasteiger partial charge in [0, 0.05) is 32.0 Å². The molecule has 0 radical (unpaired) electrons. The minimum Gasteiger partial charge on any atom is -0.370 e. The highest BCUT2D eigenvalue weighted by Gasteiger charge is 2.12. The predicted molar refractivity (Wildman–Crippen MR) is 82.6 cm³/mol. The number of halogens is 1. The lowest BCUT2D eigenvalue weighted by Crippen LogP contribution is -2.28. The number of rotatable bonds is 7. The Balaban J connectivity index is 1.94. The average molecular weight is 308 g/mol. The third-order valence-corrected chi connectivity index (χ3v) is 3.14. The van der Waals surface area contributed by atoms with Crippen LogP contribution in [0.3, 0.4) is 0 Å². The fourth-order valence-corrected chi connectivity index (χ4v) is 1.95. The van der Waals surface area contributed by atoms with Crippen molar-refractivity contribution in [2.24, 2.45) is 0 Å². The quantitative estimate of drug-likeness (QED) is 0.822. The number of amides is 1. The number of nitrogens with zero attached hydrogens (tertiary/aromatic N) is 3. The van der Waals surface area contributed by atoms with Gasteiger partial charge in [0.2, 0.25) is 0 Å². The van der Waals surface area contributed by atoms with Crippen LogP contribution in [-0.4, -0.2) is 33.5 Å². The van der Waals surface area contributed by atoms with Crippen LogP contribution in [-0.2, 0) is 6.54 Å². The van der Waals surface area contributed by atoms with E-state index < -0.39 is 0 Å². The van der Waals surface area contributed by atoms with Crippen molar-refractivity contribution in [3.8, 4) is 0 Å². The van der Waals surface area contributed by atoms with Crippen molar-refractivity contribution >= 4 is 23.3 Å². The molecule has 0 bridgehead atoms.